The van der Waals surface area contributed by atoms with Gasteiger partial charge in [0.15, 0.2) is 0 Å². The first-order valence-corrected chi connectivity index (χ1v) is 6.77. The molecule has 104 valence electrons. The van der Waals surface area contributed by atoms with Crippen molar-refractivity contribution in [3.05, 3.63) is 28.8 Å². The van der Waals surface area contributed by atoms with Crippen molar-refractivity contribution in [1.82, 2.24) is 5.32 Å². The molecule has 1 fully saturated rings. The quantitative estimate of drug-likeness (QED) is 0.891. The van der Waals surface area contributed by atoms with E-state index in [1.807, 2.05) is 0 Å². The molecule has 2 rings (SSSR count). The summed E-state index contributed by atoms with van der Waals surface area (Å²) < 4.78 is 5.15. The number of aliphatic hydroxyl groups excluding tert-OH is 1. The van der Waals surface area contributed by atoms with E-state index in [0.29, 0.717) is 28.8 Å². The summed E-state index contributed by atoms with van der Waals surface area (Å²) in [5, 5.41) is 12.9. The fourth-order valence-corrected chi connectivity index (χ4v) is 2.58. The van der Waals surface area contributed by atoms with E-state index in [0.717, 1.165) is 19.3 Å². The summed E-state index contributed by atoms with van der Waals surface area (Å²) in [6.07, 6.45) is 2.33. The lowest BCUT2D eigenvalue weighted by atomic mass is 10.1. The molecule has 1 saturated carbocycles. The second-order valence-corrected chi connectivity index (χ2v) is 5.32. The maximum Gasteiger partial charge on any atom is 0.255 e. The van der Waals surface area contributed by atoms with Crippen LogP contribution in [0, 0.1) is 5.92 Å². The number of aliphatic hydroxyl groups is 1. The molecule has 1 aliphatic rings. The van der Waals surface area contributed by atoms with Gasteiger partial charge in [-0.25, -0.2) is 0 Å². The maximum atomic E-state index is 12.1. The number of amides is 1. The Labute approximate surface area is 117 Å². The molecule has 1 aromatic carbocycles. The summed E-state index contributed by atoms with van der Waals surface area (Å²) >= 11 is 5.86. The summed E-state index contributed by atoms with van der Waals surface area (Å²) in [5.41, 5.74) is 0.477. The maximum absolute atomic E-state index is 12.1. The second-order valence-electron chi connectivity index (χ2n) is 4.89. The minimum absolute atomic E-state index is 0.171. The number of benzene rings is 1. The van der Waals surface area contributed by atoms with Gasteiger partial charge in [0.1, 0.15) is 5.75 Å². The van der Waals surface area contributed by atoms with Gasteiger partial charge in [0.2, 0.25) is 0 Å². The third-order valence-electron chi connectivity index (χ3n) is 3.47. The molecule has 0 spiro atoms. The topological polar surface area (TPSA) is 58.6 Å². The second kappa shape index (κ2) is 6.26. The molecule has 1 aliphatic carbocycles. The first-order valence-electron chi connectivity index (χ1n) is 6.40. The summed E-state index contributed by atoms with van der Waals surface area (Å²) in [4.78, 5) is 12.1. The summed E-state index contributed by atoms with van der Waals surface area (Å²) in [5.74, 6) is 0.656. The highest BCUT2D eigenvalue weighted by molar-refractivity contribution is 6.30. The fourth-order valence-electron chi connectivity index (χ4n) is 2.42. The number of methoxy groups -OCH3 is 1. The Morgan fingerprint density at radius 1 is 1.53 bits per heavy atom. The average molecular weight is 284 g/mol. The van der Waals surface area contributed by atoms with Gasteiger partial charge >= 0.3 is 0 Å². The van der Waals surface area contributed by atoms with E-state index in [-0.39, 0.29) is 12.0 Å². The molecule has 19 heavy (non-hydrogen) atoms. The van der Waals surface area contributed by atoms with Crippen molar-refractivity contribution in [2.45, 2.75) is 25.4 Å². The zero-order chi connectivity index (χ0) is 13.8. The molecule has 5 heteroatoms. The molecule has 4 nitrogen and oxygen atoms in total. The van der Waals surface area contributed by atoms with Crippen LogP contribution < -0.4 is 10.1 Å². The first kappa shape index (κ1) is 14.2. The predicted octanol–water partition coefficient (Wildman–Crippen LogP) is 2.24. The molecule has 0 saturated heterocycles. The Morgan fingerprint density at radius 2 is 2.32 bits per heavy atom. The van der Waals surface area contributed by atoms with Crippen LogP contribution in [0.25, 0.3) is 0 Å². The zero-order valence-electron chi connectivity index (χ0n) is 10.9. The number of hydrogen-bond acceptors (Lipinski definition) is 3. The summed E-state index contributed by atoms with van der Waals surface area (Å²) in [6.45, 7) is 0.585. The fraction of sp³-hybridized carbons (Fsp3) is 0.500. The molecule has 1 amide bonds. The van der Waals surface area contributed by atoms with Crippen molar-refractivity contribution >= 4 is 17.5 Å². The SMILES string of the molecule is COc1cc(Cl)ccc1C(=O)NCC1CCC(O)C1. The Bertz CT molecular complexity index is 464. The summed E-state index contributed by atoms with van der Waals surface area (Å²) in [7, 11) is 1.51. The van der Waals surface area contributed by atoms with Crippen LogP contribution in [0.2, 0.25) is 5.02 Å². The Balaban J connectivity index is 1.96. The molecular weight excluding hydrogens is 266 g/mol. The lowest BCUT2D eigenvalue weighted by Crippen LogP contribution is -2.29. The highest BCUT2D eigenvalue weighted by atomic mass is 35.5. The van der Waals surface area contributed by atoms with Crippen LogP contribution in [-0.4, -0.2) is 30.8 Å². The van der Waals surface area contributed by atoms with Crippen molar-refractivity contribution in [3.8, 4) is 5.75 Å². The smallest absolute Gasteiger partial charge is 0.255 e. The molecule has 0 heterocycles. The molecular formula is C14H18ClNO3. The number of rotatable bonds is 4. The number of nitrogens with one attached hydrogen (secondary N) is 1. The lowest BCUT2D eigenvalue weighted by molar-refractivity contribution is 0.0942. The van der Waals surface area contributed by atoms with Gasteiger partial charge in [-0.2, -0.15) is 0 Å². The first-order chi connectivity index (χ1) is 9.10. The minimum Gasteiger partial charge on any atom is -0.496 e. The van der Waals surface area contributed by atoms with Gasteiger partial charge in [-0.3, -0.25) is 4.79 Å². The number of carbonyl (C=O) groups is 1. The van der Waals surface area contributed by atoms with Crippen LogP contribution in [-0.2, 0) is 0 Å². The van der Waals surface area contributed by atoms with Gasteiger partial charge in [-0.1, -0.05) is 11.6 Å². The van der Waals surface area contributed by atoms with Crippen molar-refractivity contribution in [2.24, 2.45) is 5.92 Å². The molecule has 0 bridgehead atoms. The molecule has 0 radical (unpaired) electrons. The van der Waals surface area contributed by atoms with E-state index in [1.54, 1.807) is 18.2 Å². The Morgan fingerprint density at radius 3 is 2.95 bits per heavy atom. The van der Waals surface area contributed by atoms with Gasteiger partial charge < -0.3 is 15.2 Å². The van der Waals surface area contributed by atoms with E-state index < -0.39 is 0 Å². The highest BCUT2D eigenvalue weighted by Gasteiger charge is 2.23. The molecule has 0 aliphatic heterocycles. The number of hydrogen-bond donors (Lipinski definition) is 2. The molecule has 0 aromatic heterocycles. The van der Waals surface area contributed by atoms with Crippen molar-refractivity contribution in [1.29, 1.82) is 0 Å². The normalized spacial score (nSPS) is 22.3. The Hall–Kier alpha value is -1.26. The van der Waals surface area contributed by atoms with Crippen LogP contribution >= 0.6 is 11.6 Å². The molecule has 1 aromatic rings. The van der Waals surface area contributed by atoms with Crippen molar-refractivity contribution in [2.75, 3.05) is 13.7 Å². The lowest BCUT2D eigenvalue weighted by Gasteiger charge is -2.13. The van der Waals surface area contributed by atoms with Crippen LogP contribution in [0.15, 0.2) is 18.2 Å². The minimum atomic E-state index is -0.216. The molecule has 2 atom stereocenters. The van der Waals surface area contributed by atoms with Crippen LogP contribution in [0.4, 0.5) is 0 Å². The van der Waals surface area contributed by atoms with Gasteiger partial charge in [0.25, 0.3) is 5.91 Å². The predicted molar refractivity (Wildman–Crippen MR) is 73.7 cm³/mol. The van der Waals surface area contributed by atoms with Crippen LogP contribution in [0.1, 0.15) is 29.6 Å². The number of ether oxygens (including phenoxy) is 1. The van der Waals surface area contributed by atoms with E-state index in [2.05, 4.69) is 5.32 Å². The van der Waals surface area contributed by atoms with Crippen molar-refractivity contribution < 1.29 is 14.6 Å². The van der Waals surface area contributed by atoms with Gasteiger partial charge in [-0.05, 0) is 43.4 Å². The van der Waals surface area contributed by atoms with E-state index in [4.69, 9.17) is 16.3 Å². The van der Waals surface area contributed by atoms with Gasteiger partial charge in [0.05, 0.1) is 18.8 Å². The van der Waals surface area contributed by atoms with E-state index >= 15 is 0 Å². The van der Waals surface area contributed by atoms with E-state index in [1.165, 1.54) is 7.11 Å². The Kier molecular flexibility index (Phi) is 4.66. The zero-order valence-corrected chi connectivity index (χ0v) is 11.6. The number of halogens is 1. The van der Waals surface area contributed by atoms with Gasteiger partial charge in [0, 0.05) is 11.6 Å². The summed E-state index contributed by atoms with van der Waals surface area (Å²) in [6, 6.07) is 4.94. The van der Waals surface area contributed by atoms with E-state index in [9.17, 15) is 9.90 Å². The highest BCUT2D eigenvalue weighted by Crippen LogP contribution is 2.26. The average Bonchev–Trinajstić information content (AvgIpc) is 2.81. The standard InChI is InChI=1S/C14H18ClNO3/c1-19-13-7-10(15)3-5-12(13)14(18)16-8-9-2-4-11(17)6-9/h3,5,7,9,11,17H,2,4,6,8H2,1H3,(H,16,18). The largest absolute Gasteiger partial charge is 0.496 e. The monoisotopic (exact) mass is 283 g/mol. The molecule has 2 N–H and O–H groups in total. The number of carbonyl (C=O) groups excluding carboxylic acids is 1. The van der Waals surface area contributed by atoms with Crippen molar-refractivity contribution in [3.63, 3.8) is 0 Å². The van der Waals surface area contributed by atoms with Gasteiger partial charge in [-0.15, -0.1) is 0 Å². The van der Waals surface area contributed by atoms with Crippen LogP contribution in [0.3, 0.4) is 0 Å². The third kappa shape index (κ3) is 3.61. The third-order valence-corrected chi connectivity index (χ3v) is 3.71. The molecule has 2 unspecified atom stereocenters. The van der Waals surface area contributed by atoms with Crippen LogP contribution in [0.5, 0.6) is 5.75 Å².